The largest absolute Gasteiger partial charge is 0.296 e. The van der Waals surface area contributed by atoms with Crippen molar-refractivity contribution < 1.29 is 19.2 Å². The lowest BCUT2D eigenvalue weighted by Gasteiger charge is -2.15. The van der Waals surface area contributed by atoms with E-state index in [4.69, 9.17) is 0 Å². The molecule has 1 aromatic carbocycles. The SMILES string of the molecule is CC.CC1CCC(=O)NC1=O.CCC(C)C(=O)c1ccccc1C(C)=O. The van der Waals surface area contributed by atoms with Crippen molar-refractivity contribution in [3.8, 4) is 0 Å². The normalized spacial score (nSPS) is 16.9. The van der Waals surface area contributed by atoms with Crippen LogP contribution in [-0.4, -0.2) is 23.4 Å². The molecule has 0 radical (unpaired) electrons. The highest BCUT2D eigenvalue weighted by Gasteiger charge is 2.21. The van der Waals surface area contributed by atoms with Gasteiger partial charge in [0.1, 0.15) is 0 Å². The van der Waals surface area contributed by atoms with Gasteiger partial charge in [-0.05, 0) is 19.8 Å². The third-order valence-electron chi connectivity index (χ3n) is 4.15. The molecule has 0 spiro atoms. The number of imide groups is 1. The molecule has 0 bridgehead atoms. The average molecular weight is 361 g/mol. The number of carbonyl (C=O) groups is 4. The third-order valence-corrected chi connectivity index (χ3v) is 4.15. The lowest BCUT2D eigenvalue weighted by atomic mass is 9.92. The van der Waals surface area contributed by atoms with E-state index in [0.717, 1.165) is 6.42 Å². The number of amides is 2. The van der Waals surface area contributed by atoms with Gasteiger partial charge in [-0.2, -0.15) is 0 Å². The molecule has 2 atom stereocenters. The van der Waals surface area contributed by atoms with Crippen molar-refractivity contribution in [2.75, 3.05) is 0 Å². The summed E-state index contributed by atoms with van der Waals surface area (Å²) in [7, 11) is 0. The molecule has 2 unspecified atom stereocenters. The van der Waals surface area contributed by atoms with Gasteiger partial charge in [0.05, 0.1) is 0 Å². The van der Waals surface area contributed by atoms with Crippen LogP contribution >= 0.6 is 0 Å². The lowest BCUT2D eigenvalue weighted by Crippen LogP contribution is -2.39. The summed E-state index contributed by atoms with van der Waals surface area (Å²) in [6, 6.07) is 7.01. The first-order valence-electron chi connectivity index (χ1n) is 9.25. The van der Waals surface area contributed by atoms with E-state index in [9.17, 15) is 19.2 Å². The van der Waals surface area contributed by atoms with Crippen molar-refractivity contribution in [3.63, 3.8) is 0 Å². The quantitative estimate of drug-likeness (QED) is 0.644. The molecule has 1 aliphatic rings. The van der Waals surface area contributed by atoms with Crippen LogP contribution in [0.5, 0.6) is 0 Å². The Morgan fingerprint density at radius 1 is 1.15 bits per heavy atom. The number of carbonyl (C=O) groups excluding carboxylic acids is 4. The number of hydrogen-bond acceptors (Lipinski definition) is 4. The van der Waals surface area contributed by atoms with Crippen molar-refractivity contribution in [1.82, 2.24) is 5.32 Å². The van der Waals surface area contributed by atoms with Crippen LogP contribution in [0.15, 0.2) is 24.3 Å². The maximum atomic E-state index is 11.9. The Balaban J connectivity index is 0.000000484. The second-order valence-electron chi connectivity index (χ2n) is 6.13. The van der Waals surface area contributed by atoms with Gasteiger partial charge in [-0.15, -0.1) is 0 Å². The molecule has 1 saturated heterocycles. The van der Waals surface area contributed by atoms with E-state index >= 15 is 0 Å². The van der Waals surface area contributed by atoms with Crippen LogP contribution in [0.4, 0.5) is 0 Å². The molecule has 1 heterocycles. The molecular formula is C21H31NO4. The average Bonchev–Trinajstić information content (AvgIpc) is 2.65. The predicted octanol–water partition coefficient (Wildman–Crippen LogP) is 4.20. The Bertz CT molecular complexity index is 637. The first-order valence-corrected chi connectivity index (χ1v) is 9.25. The number of piperidine rings is 1. The standard InChI is InChI=1S/C13H16O2.C6H9NO2.C2H6/c1-4-9(2)13(15)12-8-6-5-7-11(12)10(3)14;1-4-2-3-5(8)7-6(4)9;1-2/h5-9H,4H2,1-3H3;4H,2-3H2,1H3,(H,7,8,9);1-2H3. The second kappa shape index (κ2) is 12.1. The van der Waals surface area contributed by atoms with Crippen LogP contribution in [0, 0.1) is 11.8 Å². The van der Waals surface area contributed by atoms with Crippen LogP contribution in [0.3, 0.4) is 0 Å². The molecule has 1 N–H and O–H groups in total. The number of hydrogen-bond donors (Lipinski definition) is 1. The van der Waals surface area contributed by atoms with Crippen molar-refractivity contribution in [2.45, 2.75) is 60.8 Å². The summed E-state index contributed by atoms with van der Waals surface area (Å²) in [5, 5.41) is 2.25. The summed E-state index contributed by atoms with van der Waals surface area (Å²) < 4.78 is 0. The molecule has 5 heteroatoms. The Morgan fingerprint density at radius 2 is 1.69 bits per heavy atom. The number of benzene rings is 1. The summed E-state index contributed by atoms with van der Waals surface area (Å²) in [6.07, 6.45) is 1.99. The highest BCUT2D eigenvalue weighted by atomic mass is 16.2. The number of rotatable bonds is 4. The molecule has 26 heavy (non-hydrogen) atoms. The van der Waals surface area contributed by atoms with E-state index in [1.807, 2.05) is 34.6 Å². The van der Waals surface area contributed by atoms with E-state index < -0.39 is 0 Å². The van der Waals surface area contributed by atoms with E-state index in [-0.39, 0.29) is 35.2 Å². The molecule has 0 aromatic heterocycles. The van der Waals surface area contributed by atoms with Crippen LogP contribution in [0.25, 0.3) is 0 Å². The van der Waals surface area contributed by atoms with Gasteiger partial charge in [-0.1, -0.05) is 58.9 Å². The highest BCUT2D eigenvalue weighted by molar-refractivity contribution is 6.08. The fourth-order valence-corrected chi connectivity index (χ4v) is 2.26. The second-order valence-corrected chi connectivity index (χ2v) is 6.13. The number of ketones is 2. The van der Waals surface area contributed by atoms with Gasteiger partial charge in [-0.3, -0.25) is 24.5 Å². The fraction of sp³-hybridized carbons (Fsp3) is 0.524. The fourth-order valence-electron chi connectivity index (χ4n) is 2.26. The zero-order valence-electron chi connectivity index (χ0n) is 16.7. The number of nitrogens with one attached hydrogen (secondary N) is 1. The Morgan fingerprint density at radius 3 is 2.12 bits per heavy atom. The molecule has 144 valence electrons. The van der Waals surface area contributed by atoms with Gasteiger partial charge in [0.2, 0.25) is 11.8 Å². The van der Waals surface area contributed by atoms with Crippen LogP contribution < -0.4 is 5.32 Å². The Kier molecular flexibility index (Phi) is 11.0. The topological polar surface area (TPSA) is 80.3 Å². The van der Waals surface area contributed by atoms with E-state index in [1.165, 1.54) is 6.92 Å². The van der Waals surface area contributed by atoms with Gasteiger partial charge in [0.25, 0.3) is 0 Å². The van der Waals surface area contributed by atoms with E-state index in [2.05, 4.69) is 5.32 Å². The maximum Gasteiger partial charge on any atom is 0.229 e. The lowest BCUT2D eigenvalue weighted by molar-refractivity contribution is -0.135. The van der Waals surface area contributed by atoms with Crippen LogP contribution in [-0.2, 0) is 9.59 Å². The molecule has 0 aliphatic carbocycles. The van der Waals surface area contributed by atoms with Gasteiger partial charge >= 0.3 is 0 Å². The summed E-state index contributed by atoms with van der Waals surface area (Å²) in [6.45, 7) is 11.2. The predicted molar refractivity (Wildman–Crippen MR) is 103 cm³/mol. The summed E-state index contributed by atoms with van der Waals surface area (Å²) in [5.41, 5.74) is 1.09. The monoisotopic (exact) mass is 361 g/mol. The smallest absolute Gasteiger partial charge is 0.229 e. The summed E-state index contributed by atoms with van der Waals surface area (Å²) in [5.74, 6) is -0.275. The van der Waals surface area contributed by atoms with E-state index in [1.54, 1.807) is 24.3 Å². The van der Waals surface area contributed by atoms with E-state index in [0.29, 0.717) is 24.0 Å². The Labute approximate surface area is 156 Å². The number of Topliss-reactive ketones (excluding diaryl/α,β-unsaturated/α-hetero) is 2. The zero-order chi connectivity index (χ0) is 20.3. The van der Waals surface area contributed by atoms with Gasteiger partial charge in [-0.25, -0.2) is 0 Å². The van der Waals surface area contributed by atoms with Gasteiger partial charge in [0.15, 0.2) is 11.6 Å². The highest BCUT2D eigenvalue weighted by Crippen LogP contribution is 2.16. The van der Waals surface area contributed by atoms with Crippen molar-refractivity contribution in [2.24, 2.45) is 11.8 Å². The minimum Gasteiger partial charge on any atom is -0.296 e. The maximum absolute atomic E-state index is 11.9. The molecule has 5 nitrogen and oxygen atoms in total. The zero-order valence-corrected chi connectivity index (χ0v) is 16.7. The molecule has 1 fully saturated rings. The van der Waals surface area contributed by atoms with Crippen LogP contribution in [0.1, 0.15) is 81.5 Å². The molecule has 1 aliphatic heterocycles. The van der Waals surface area contributed by atoms with Crippen molar-refractivity contribution in [3.05, 3.63) is 35.4 Å². The molecule has 0 saturated carbocycles. The molecule has 1 aromatic rings. The summed E-state index contributed by atoms with van der Waals surface area (Å²) in [4.78, 5) is 44.4. The third kappa shape index (κ3) is 7.30. The van der Waals surface area contributed by atoms with Gasteiger partial charge in [0, 0.05) is 29.4 Å². The first-order chi connectivity index (χ1) is 12.3. The molecule has 2 rings (SSSR count). The Hall–Kier alpha value is -2.30. The molecule has 2 amide bonds. The summed E-state index contributed by atoms with van der Waals surface area (Å²) >= 11 is 0. The van der Waals surface area contributed by atoms with Crippen molar-refractivity contribution >= 4 is 23.4 Å². The van der Waals surface area contributed by atoms with Crippen LogP contribution in [0.2, 0.25) is 0 Å². The van der Waals surface area contributed by atoms with Crippen molar-refractivity contribution in [1.29, 1.82) is 0 Å². The first kappa shape index (κ1) is 23.7. The molecular weight excluding hydrogens is 330 g/mol. The minimum atomic E-state index is -0.141. The van der Waals surface area contributed by atoms with Gasteiger partial charge < -0.3 is 0 Å². The minimum absolute atomic E-state index is 0.0164.